The zero-order valence-electron chi connectivity index (χ0n) is 16.3. The Morgan fingerprint density at radius 3 is 1.72 bits per heavy atom. The SMILES string of the molecule is C=C(CCO)C(=O)[O-].C=Cc1ccccc1.O=S(=O)(O)C=Cc1ccccc1.[K+]. The summed E-state index contributed by atoms with van der Waals surface area (Å²) in [5.74, 6) is -1.29. The first-order chi connectivity index (χ1) is 13.2. The van der Waals surface area contributed by atoms with Gasteiger partial charge in [0.1, 0.15) is 0 Å². The molecule has 2 aromatic rings. The zero-order valence-corrected chi connectivity index (χ0v) is 20.2. The summed E-state index contributed by atoms with van der Waals surface area (Å²) in [7, 11) is -4.00. The van der Waals surface area contributed by atoms with Gasteiger partial charge in [0.05, 0.1) is 11.4 Å². The Hall–Kier alpha value is -1.36. The van der Waals surface area contributed by atoms with Crippen LogP contribution in [-0.2, 0) is 14.9 Å². The molecule has 0 spiro atoms. The molecule has 0 heterocycles. The van der Waals surface area contributed by atoms with E-state index in [2.05, 4.69) is 13.2 Å². The van der Waals surface area contributed by atoms with E-state index in [1.807, 2.05) is 42.5 Å². The molecule has 150 valence electrons. The Labute approximate surface area is 214 Å². The molecule has 0 saturated heterocycles. The molecule has 0 atom stereocenters. The Balaban J connectivity index is 0. The Kier molecular flexibility index (Phi) is 18.0. The summed E-state index contributed by atoms with van der Waals surface area (Å²) in [6.07, 6.45) is 3.25. The molecule has 6 nitrogen and oxygen atoms in total. The summed E-state index contributed by atoms with van der Waals surface area (Å²) in [5, 5.41) is 18.7. The van der Waals surface area contributed by atoms with Crippen LogP contribution in [0.5, 0.6) is 0 Å². The third-order valence-electron chi connectivity index (χ3n) is 2.97. The fourth-order valence-corrected chi connectivity index (χ4v) is 1.88. The topological polar surface area (TPSA) is 115 Å². The van der Waals surface area contributed by atoms with Gasteiger partial charge in [0.15, 0.2) is 0 Å². The molecule has 2 rings (SSSR count). The maximum atomic E-state index is 10.3. The van der Waals surface area contributed by atoms with Gasteiger partial charge in [-0.1, -0.05) is 79.9 Å². The van der Waals surface area contributed by atoms with Crippen molar-refractivity contribution in [2.45, 2.75) is 6.42 Å². The van der Waals surface area contributed by atoms with Crippen LogP contribution >= 0.6 is 0 Å². The molecule has 0 amide bonds. The van der Waals surface area contributed by atoms with Crippen molar-refractivity contribution in [3.05, 3.63) is 95.9 Å². The van der Waals surface area contributed by atoms with Crippen molar-refractivity contribution in [2.24, 2.45) is 0 Å². The predicted octanol–water partition coefficient (Wildman–Crippen LogP) is -0.446. The van der Waals surface area contributed by atoms with Crippen LogP contribution in [0, 0.1) is 0 Å². The second-order valence-electron chi connectivity index (χ2n) is 5.21. The number of aliphatic hydroxyl groups excluding tert-OH is 1. The number of hydrogen-bond donors (Lipinski definition) is 2. The number of benzene rings is 2. The molecule has 0 radical (unpaired) electrons. The third kappa shape index (κ3) is 18.4. The largest absolute Gasteiger partial charge is 1.00 e. The van der Waals surface area contributed by atoms with E-state index in [1.165, 1.54) is 11.6 Å². The van der Waals surface area contributed by atoms with Gasteiger partial charge >= 0.3 is 51.4 Å². The molecule has 0 saturated carbocycles. The van der Waals surface area contributed by atoms with Gasteiger partial charge in [0.2, 0.25) is 0 Å². The Morgan fingerprint density at radius 1 is 1.00 bits per heavy atom. The minimum Gasteiger partial charge on any atom is -0.545 e. The summed E-state index contributed by atoms with van der Waals surface area (Å²) >= 11 is 0. The zero-order chi connectivity index (χ0) is 21.4. The van der Waals surface area contributed by atoms with Crippen molar-refractivity contribution in [1.29, 1.82) is 0 Å². The van der Waals surface area contributed by atoms with E-state index in [0.29, 0.717) is 0 Å². The van der Waals surface area contributed by atoms with Crippen LogP contribution in [-0.4, -0.2) is 30.7 Å². The summed E-state index contributed by atoms with van der Waals surface area (Å²) in [5.41, 5.74) is 1.84. The number of carbonyl (C=O) groups is 1. The number of aliphatic hydroxyl groups is 1. The van der Waals surface area contributed by atoms with Gasteiger partial charge < -0.3 is 15.0 Å². The Bertz CT molecular complexity index is 863. The van der Waals surface area contributed by atoms with Crippen LogP contribution in [0.2, 0.25) is 0 Å². The van der Waals surface area contributed by atoms with Crippen molar-refractivity contribution < 1.29 is 79.4 Å². The smallest absolute Gasteiger partial charge is 0.545 e. The maximum Gasteiger partial charge on any atom is 1.00 e. The second-order valence-corrected chi connectivity index (χ2v) is 6.51. The fourth-order valence-electron chi connectivity index (χ4n) is 1.55. The monoisotopic (exact) mass is 442 g/mol. The average Bonchev–Trinajstić information content (AvgIpc) is 2.68. The molecule has 0 aliphatic heterocycles. The Morgan fingerprint density at radius 2 is 1.45 bits per heavy atom. The fraction of sp³-hybridized carbons (Fsp3) is 0.0952. The van der Waals surface area contributed by atoms with Gasteiger partial charge in [0.25, 0.3) is 10.1 Å². The van der Waals surface area contributed by atoms with E-state index < -0.39 is 16.1 Å². The number of carboxylic acid groups (broad SMARTS) is 1. The molecule has 0 bridgehead atoms. The molecule has 0 fully saturated rings. The van der Waals surface area contributed by atoms with Crippen molar-refractivity contribution in [3.63, 3.8) is 0 Å². The number of carboxylic acids is 1. The van der Waals surface area contributed by atoms with Crippen LogP contribution in [0.3, 0.4) is 0 Å². The molecule has 0 unspecified atom stereocenters. The molecular weight excluding hydrogens is 419 g/mol. The summed E-state index contributed by atoms with van der Waals surface area (Å²) in [6.45, 7) is 6.57. The predicted molar refractivity (Wildman–Crippen MR) is 109 cm³/mol. The molecule has 2 aromatic carbocycles. The first kappa shape index (κ1) is 29.8. The minimum atomic E-state index is -4.00. The minimum absolute atomic E-state index is 0. The van der Waals surface area contributed by atoms with E-state index >= 15 is 0 Å². The van der Waals surface area contributed by atoms with Gasteiger partial charge in [-0.2, -0.15) is 8.42 Å². The molecule has 0 aromatic heterocycles. The van der Waals surface area contributed by atoms with Crippen LogP contribution in [0.4, 0.5) is 0 Å². The number of carbonyl (C=O) groups excluding carboxylic acids is 1. The van der Waals surface area contributed by atoms with Gasteiger partial charge in [0, 0.05) is 6.61 Å². The second kappa shape index (κ2) is 17.5. The van der Waals surface area contributed by atoms with E-state index in [0.717, 1.165) is 11.0 Å². The first-order valence-electron chi connectivity index (χ1n) is 8.07. The van der Waals surface area contributed by atoms with E-state index in [4.69, 9.17) is 9.66 Å². The van der Waals surface area contributed by atoms with Crippen LogP contribution in [0.1, 0.15) is 17.5 Å². The van der Waals surface area contributed by atoms with Crippen molar-refractivity contribution in [2.75, 3.05) is 6.61 Å². The summed E-state index contributed by atoms with van der Waals surface area (Å²) < 4.78 is 28.9. The molecular formula is C21H23KO6S. The molecule has 8 heteroatoms. The van der Waals surface area contributed by atoms with Gasteiger partial charge in [-0.25, -0.2) is 0 Å². The summed E-state index contributed by atoms with van der Waals surface area (Å²) in [6, 6.07) is 18.9. The van der Waals surface area contributed by atoms with Gasteiger partial charge in [-0.05, 0) is 29.2 Å². The van der Waals surface area contributed by atoms with Crippen molar-refractivity contribution in [1.82, 2.24) is 0 Å². The van der Waals surface area contributed by atoms with E-state index in [9.17, 15) is 18.3 Å². The van der Waals surface area contributed by atoms with Gasteiger partial charge in [-0.15, -0.1) is 0 Å². The van der Waals surface area contributed by atoms with E-state index in [1.54, 1.807) is 24.3 Å². The standard InChI is InChI=1S/C8H8O3S.C8H8.C5H8O3.K/c9-12(10,11)7-6-8-4-2-1-3-5-8;1-2-8-6-4-3-5-7-8;1-4(2-3-6)5(7)8;/h1-7H,(H,9,10,11);2-7H,1H2;6H,1-3H2,(H,7,8);/q;;;+1/p-1. The van der Waals surface area contributed by atoms with Crippen LogP contribution in [0.15, 0.2) is 84.8 Å². The number of aliphatic carboxylic acids is 1. The van der Waals surface area contributed by atoms with E-state index in [-0.39, 0.29) is 70.0 Å². The van der Waals surface area contributed by atoms with Crippen LogP contribution in [0.25, 0.3) is 12.2 Å². The molecule has 0 aliphatic carbocycles. The van der Waals surface area contributed by atoms with Gasteiger partial charge in [-0.3, -0.25) is 4.55 Å². The number of rotatable bonds is 6. The van der Waals surface area contributed by atoms with Crippen molar-refractivity contribution in [3.8, 4) is 0 Å². The van der Waals surface area contributed by atoms with Crippen molar-refractivity contribution >= 4 is 28.2 Å². The molecule has 2 N–H and O–H groups in total. The summed E-state index contributed by atoms with van der Waals surface area (Å²) in [4.78, 5) is 9.77. The average molecular weight is 443 g/mol. The van der Waals surface area contributed by atoms with Crippen LogP contribution < -0.4 is 56.5 Å². The quantitative estimate of drug-likeness (QED) is 0.356. The molecule has 29 heavy (non-hydrogen) atoms. The maximum absolute atomic E-state index is 10.3. The third-order valence-corrected chi connectivity index (χ3v) is 3.45. The normalized spacial score (nSPS) is 9.72. The first-order valence-corrected chi connectivity index (χ1v) is 9.58. The molecule has 0 aliphatic rings. The number of hydrogen-bond acceptors (Lipinski definition) is 5.